The Morgan fingerprint density at radius 3 is 1.42 bits per heavy atom. The summed E-state index contributed by atoms with van der Waals surface area (Å²) < 4.78 is 0. The fourth-order valence-electron chi connectivity index (χ4n) is 14.4. The van der Waals surface area contributed by atoms with Crippen LogP contribution in [0.4, 0.5) is 0 Å². The molecule has 4 aromatic carbocycles. The van der Waals surface area contributed by atoms with Crippen molar-refractivity contribution in [3.05, 3.63) is 138 Å². The lowest BCUT2D eigenvalue weighted by molar-refractivity contribution is -0.138. The van der Waals surface area contributed by atoms with Crippen molar-refractivity contribution in [2.24, 2.45) is 129 Å². The number of H-pyrrole nitrogens is 1. The topological polar surface area (TPSA) is 822 Å². The van der Waals surface area contributed by atoms with Crippen LogP contribution in [-0.2, 0) is 30.5 Å². The highest BCUT2D eigenvalue weighted by molar-refractivity contribution is 8.77. The minimum atomic E-state index is -2.25. The Balaban J connectivity index is 1.47. The fourth-order valence-corrected chi connectivity index (χ4v) is 18.9. The molecule has 8 rings (SSSR count). The minimum absolute atomic E-state index is 0.129. The van der Waals surface area contributed by atoms with Gasteiger partial charge in [-0.1, -0.05) is 196 Å². The van der Waals surface area contributed by atoms with E-state index in [1.165, 1.54) is 38.1 Å². The zero-order chi connectivity index (χ0) is 110. The first-order valence-corrected chi connectivity index (χ1v) is 52.6. The van der Waals surface area contributed by atoms with Gasteiger partial charge < -0.3 is 133 Å². The third kappa shape index (κ3) is 38.8. The number of benzene rings is 4. The van der Waals surface area contributed by atoms with E-state index in [1.807, 2.05) is 0 Å². The molecule has 0 saturated carbocycles. The predicted molar refractivity (Wildman–Crippen MR) is 593 cm³/mol. The summed E-state index contributed by atoms with van der Waals surface area (Å²) in [7, 11) is 3.03. The average Bonchev–Trinajstić information content (AvgIpc) is 1.63. The van der Waals surface area contributed by atoms with Gasteiger partial charge in [0.25, 0.3) is 0 Å². The van der Waals surface area contributed by atoms with Crippen molar-refractivity contribution in [1.29, 1.82) is 5.41 Å². The van der Waals surface area contributed by atoms with Gasteiger partial charge in [-0.3, -0.25) is 5.41 Å². The first-order valence-electron chi connectivity index (χ1n) is 47.6. The second kappa shape index (κ2) is 59.5. The van der Waals surface area contributed by atoms with Crippen LogP contribution in [0.25, 0.3) is 10.9 Å². The smallest absolute Gasteiger partial charge is 0.328 e. The molecule has 0 aliphatic carbocycles. The maximum atomic E-state index is 13.2. The van der Waals surface area contributed by atoms with Crippen LogP contribution in [0, 0.1) is 29.1 Å². The Morgan fingerprint density at radius 2 is 0.847 bits per heavy atom. The number of carboxylic acids is 1. The number of carbonyl (C=O) groups is 1. The Bertz CT molecular complexity index is 6050. The summed E-state index contributed by atoms with van der Waals surface area (Å²) in [6.07, 6.45) is -1.86. The van der Waals surface area contributed by atoms with Crippen LogP contribution >= 0.6 is 43.2 Å². The van der Waals surface area contributed by atoms with Crippen LogP contribution in [-0.4, -0.2) is 427 Å². The van der Waals surface area contributed by atoms with E-state index >= 15 is 0 Å². The molecular formula is C97H131N23O26S4. The van der Waals surface area contributed by atoms with E-state index in [9.17, 15) is 132 Å². The lowest BCUT2D eigenvalue weighted by Crippen LogP contribution is -2.35. The van der Waals surface area contributed by atoms with Crippen molar-refractivity contribution in [3.63, 3.8) is 0 Å². The maximum absolute atomic E-state index is 13.2. The van der Waals surface area contributed by atoms with E-state index in [4.69, 9.17) is 5.41 Å². The molecule has 27 N–H and O–H groups in total. The number of aromatic amines is 1. The SMILES string of the molecule is CC[C@H](C)[C@H]1N=C(O)[C@H](C)N=C(O)[C@@H](Cc2ccc(O)cc2)N=C(O)CN=C(O)[C@H]2CSSC[C@H]3N=C(O)C[C@H](N=C(O)[C@H](CC(=N)O)N=C(O)[C@@H](CSSC[C@@H](C(O)=N[C@@H](Cc4ccccc4)C(O)=N[C@@H](Cc4c[nH]c5ccccc45)C(=O)O)N=C(O)[C@H](C(C)C)N=C1O)N=C(O)[C@H](CO)N=C(O)CN=C(O)[C@H](C(C)C)N=C(O)CN=C(O)[C@H](CC(C)C)N=C3O)C(O)=N[C@@H](Cc1ccccc1)C(O)=N[C@H](C)C(O)=NCC(O)=N2. The molecule has 0 unspecified atom stereocenters. The standard InChI is InChI=1S/C97H131N23O26S4/c1-11-50(8)80-96(144)119-79(49(6)7)95(143)117-71(93(141)112-63(32-54-22-16-13-17-23-54)87(135)115-66(97(145)146)34-56-37-99-59-25-19-18-24-58(56)59)46-150-149-45-70-92(140)113-64(35-72(98)123)88(136)114-65-36-73(124)108-69(91(139)110-60(30-47(2)3)83(131)101-41-77(128)118-78(48(4)5)94(142)103-40-75(126)107-67(42-121)90(138)116-70)44-148-147-43-68(109-76(127)38-100-81(129)51(9)104-86(134)62(111-89(65)137)31-53-20-14-12-15-21-53)84(132)102-39-74(125)106-61(33-55-26-28-57(122)29-27-55)85(133)105-52(10)82(130)120-80/h12-29,37,47-52,60-71,78-80,99,121-122H,11,30-36,38-46H2,1-10H3,(H2,98,123)(H,100,129)(H,101,131)(H,102,132)(H,103,142)(H,104,134)(H,105,133)(H,106,125)(H,107,126)(H,108,124)(H,109,127)(H,110,139)(H,111,137)(H,112,141)(H,113,140)(H,114,136)(H,115,135)(H,116,138)(H,117,143)(H,118,128)(H,119,144)(H,120,130)(H,145,146)/t50-,51+,52-,60-,61+,62-,63-,64-,65-,66-,67-,68+,69+,70+,71-,78-,79-,80+/m0/s1. The number of aliphatic hydroxyl groups excluding tert-OH is 23. The number of nitrogens with zero attached hydrogens (tertiary/aromatic N) is 21. The van der Waals surface area contributed by atoms with Crippen molar-refractivity contribution in [2.75, 3.05) is 55.8 Å². The van der Waals surface area contributed by atoms with Crippen LogP contribution in [0.5, 0.6) is 5.75 Å². The summed E-state index contributed by atoms with van der Waals surface area (Å²) in [5.74, 6) is -28.5. The highest BCUT2D eigenvalue weighted by Gasteiger charge is 2.36. The van der Waals surface area contributed by atoms with Gasteiger partial charge in [0, 0.05) is 65.8 Å². The third-order valence-electron chi connectivity index (χ3n) is 22.8. The van der Waals surface area contributed by atoms with Crippen LogP contribution < -0.4 is 0 Å². The van der Waals surface area contributed by atoms with Gasteiger partial charge in [-0.05, 0) is 84.4 Å². The molecule has 4 heterocycles. The second-order valence-electron chi connectivity index (χ2n) is 36.0. The fraction of sp³-hybridized carbons (Fsp3) is 0.495. The largest absolute Gasteiger partial charge is 0.508 e. The molecule has 3 aliphatic rings. The summed E-state index contributed by atoms with van der Waals surface area (Å²) in [5.41, 5.74) is 2.40. The molecule has 3 aliphatic heterocycles. The predicted octanol–water partition coefficient (Wildman–Crippen LogP) is 13.1. The van der Waals surface area contributed by atoms with E-state index in [-0.39, 0.29) is 44.3 Å². The number of fused-ring (bicyclic) bond motifs is 8. The number of phenols is 1. The van der Waals surface area contributed by atoms with E-state index in [1.54, 1.807) is 147 Å². The Kier molecular flexibility index (Phi) is 47.9. The summed E-state index contributed by atoms with van der Waals surface area (Å²) in [6, 6.07) is -0.983. The molecule has 0 radical (unpaired) electrons. The molecule has 4 bridgehead atoms. The Morgan fingerprint density at radius 1 is 0.400 bits per heavy atom. The summed E-state index contributed by atoms with van der Waals surface area (Å²) in [5, 5.41) is 306. The van der Waals surface area contributed by atoms with Crippen molar-refractivity contribution in [2.45, 2.75) is 223 Å². The molecule has 5 aromatic rings. The molecular weight excluding hydrogens is 2030 g/mol. The lowest BCUT2D eigenvalue weighted by Gasteiger charge is -2.22. The quantitative estimate of drug-likeness (QED) is 0.0174. The summed E-state index contributed by atoms with van der Waals surface area (Å²) in [6.45, 7) is 10.7. The van der Waals surface area contributed by atoms with Gasteiger partial charge in [-0.15, -0.1) is 0 Å². The molecule has 53 heteroatoms. The number of aliphatic hydroxyl groups is 23. The van der Waals surface area contributed by atoms with Crippen LogP contribution in [0.15, 0.2) is 220 Å². The summed E-state index contributed by atoms with van der Waals surface area (Å²) >= 11 is 0. The summed E-state index contributed by atoms with van der Waals surface area (Å²) in [4.78, 5) is 106. The van der Waals surface area contributed by atoms with E-state index in [2.05, 4.69) is 110 Å². The number of aliphatic carboxylic acids is 1. The number of aromatic hydroxyl groups is 1. The maximum Gasteiger partial charge on any atom is 0.328 e. The zero-order valence-corrected chi connectivity index (χ0v) is 87.0. The van der Waals surface area contributed by atoms with Crippen LogP contribution in [0.2, 0.25) is 0 Å². The number of hydrogen-bond acceptors (Lipinski definition) is 29. The molecule has 18 atom stereocenters. The molecule has 814 valence electrons. The molecule has 150 heavy (non-hydrogen) atoms. The number of nitrogens with one attached hydrogen (secondary N) is 2. The normalized spacial score (nSPS) is 25.1. The molecule has 0 saturated heterocycles. The lowest BCUT2D eigenvalue weighted by atomic mass is 9.98. The van der Waals surface area contributed by atoms with Crippen molar-refractivity contribution >= 4 is 190 Å². The number of aromatic nitrogens is 1. The van der Waals surface area contributed by atoms with Gasteiger partial charge in [0.15, 0.2) is 23.9 Å². The van der Waals surface area contributed by atoms with Gasteiger partial charge in [0.05, 0.1) is 19.4 Å². The molecule has 1 aromatic heterocycles. The van der Waals surface area contributed by atoms with Gasteiger partial charge in [0.2, 0.25) is 118 Å². The highest BCUT2D eigenvalue weighted by Crippen LogP contribution is 2.31. The number of aliphatic imine (C=N–C) groups is 21. The third-order valence-corrected chi connectivity index (χ3v) is 27.6. The van der Waals surface area contributed by atoms with Gasteiger partial charge in [-0.2, -0.15) is 0 Å². The van der Waals surface area contributed by atoms with E-state index < -0.39 is 331 Å². The highest BCUT2D eigenvalue weighted by atomic mass is 33.1. The first-order chi connectivity index (χ1) is 71.2. The number of rotatable bonds is 22. The van der Waals surface area contributed by atoms with Crippen LogP contribution in [0.1, 0.15) is 117 Å². The average molecular weight is 2160 g/mol. The van der Waals surface area contributed by atoms with Gasteiger partial charge >= 0.3 is 5.97 Å². The molecule has 0 amide bonds. The van der Waals surface area contributed by atoms with Gasteiger partial charge in [-0.25, -0.2) is 110 Å². The zero-order valence-electron chi connectivity index (χ0n) is 83.7. The van der Waals surface area contributed by atoms with Crippen molar-refractivity contribution in [1.82, 2.24) is 4.98 Å². The monoisotopic (exact) mass is 2160 g/mol. The van der Waals surface area contributed by atoms with Gasteiger partial charge in [0.1, 0.15) is 123 Å². The second-order valence-corrected chi connectivity index (χ2v) is 41.1. The van der Waals surface area contributed by atoms with Crippen molar-refractivity contribution in [3.8, 4) is 5.75 Å². The minimum Gasteiger partial charge on any atom is -0.508 e. The number of hydrogen-bond donors (Lipinski definition) is 27. The Hall–Kier alpha value is -14.6. The van der Waals surface area contributed by atoms with Crippen molar-refractivity contribution < 1.29 is 132 Å². The molecule has 0 fully saturated rings. The molecule has 49 nitrogen and oxygen atoms in total. The Labute approximate surface area is 878 Å². The number of para-hydroxylation sites is 1. The van der Waals surface area contributed by atoms with E-state index in [0.29, 0.717) is 44.0 Å². The number of carboxylic acid groups (broad SMARTS) is 1. The van der Waals surface area contributed by atoms with E-state index in [0.717, 1.165) is 32.4 Å². The molecule has 0 spiro atoms. The van der Waals surface area contributed by atoms with Crippen LogP contribution in [0.3, 0.4) is 0 Å². The number of phenolic OH excluding ortho intramolecular Hbond substituents is 1. The first kappa shape index (κ1) is 121.